The van der Waals surface area contributed by atoms with Gasteiger partial charge < -0.3 is 9.73 Å². The molecule has 0 saturated carbocycles. The van der Waals surface area contributed by atoms with Gasteiger partial charge in [0, 0.05) is 29.1 Å². The van der Waals surface area contributed by atoms with Crippen LogP contribution in [0.4, 0.5) is 0 Å². The number of hydrogen-bond donors (Lipinski definition) is 1. The topological polar surface area (TPSA) is 25.2 Å². The number of benzene rings is 2. The van der Waals surface area contributed by atoms with Crippen LogP contribution < -0.4 is 5.32 Å². The summed E-state index contributed by atoms with van der Waals surface area (Å²) in [6.07, 6.45) is 3.85. The molecule has 18 heavy (non-hydrogen) atoms. The molecule has 88 valence electrons. The molecule has 0 unspecified atom stereocenters. The first-order chi connectivity index (χ1) is 8.84. The summed E-state index contributed by atoms with van der Waals surface area (Å²) in [6.45, 7) is 0.785. The van der Waals surface area contributed by atoms with Gasteiger partial charge in [0.05, 0.1) is 5.02 Å². The van der Waals surface area contributed by atoms with E-state index in [-0.39, 0.29) is 0 Å². The van der Waals surface area contributed by atoms with Crippen molar-refractivity contribution in [2.45, 2.75) is 6.54 Å². The monoisotopic (exact) mass is 255 g/mol. The van der Waals surface area contributed by atoms with Gasteiger partial charge in [0.1, 0.15) is 5.76 Å². The Morgan fingerprint density at radius 3 is 3.00 bits per heavy atom. The van der Waals surface area contributed by atoms with E-state index in [9.17, 15) is 0 Å². The fourth-order valence-electron chi connectivity index (χ4n) is 2.53. The second-order valence-corrected chi connectivity index (χ2v) is 4.83. The smallest absolute Gasteiger partial charge is 0.154 e. The van der Waals surface area contributed by atoms with Crippen LogP contribution in [0, 0.1) is 0 Å². The Labute approximate surface area is 109 Å². The third-order valence-electron chi connectivity index (χ3n) is 3.41. The van der Waals surface area contributed by atoms with Crippen molar-refractivity contribution in [3.05, 3.63) is 52.9 Å². The van der Waals surface area contributed by atoms with Gasteiger partial charge in [-0.05, 0) is 17.5 Å². The highest BCUT2D eigenvalue weighted by Gasteiger charge is 2.18. The summed E-state index contributed by atoms with van der Waals surface area (Å²) < 4.78 is 5.87. The minimum Gasteiger partial charge on any atom is -0.455 e. The van der Waals surface area contributed by atoms with Crippen LogP contribution >= 0.6 is 11.6 Å². The van der Waals surface area contributed by atoms with Crippen LogP contribution in [-0.4, -0.2) is 0 Å². The molecule has 1 aliphatic heterocycles. The van der Waals surface area contributed by atoms with E-state index in [1.54, 1.807) is 0 Å². The van der Waals surface area contributed by atoms with E-state index in [1.807, 2.05) is 30.5 Å². The Hall–Kier alpha value is -1.93. The predicted molar refractivity (Wildman–Crippen MR) is 74.6 cm³/mol. The predicted octanol–water partition coefficient (Wildman–Crippen LogP) is 4.31. The van der Waals surface area contributed by atoms with Crippen LogP contribution in [0.15, 0.2) is 40.9 Å². The summed E-state index contributed by atoms with van der Waals surface area (Å²) in [6, 6.07) is 10.3. The second kappa shape index (κ2) is 3.53. The molecule has 0 amide bonds. The Morgan fingerprint density at radius 2 is 2.06 bits per heavy atom. The molecule has 1 aliphatic rings. The van der Waals surface area contributed by atoms with Crippen LogP contribution in [0.1, 0.15) is 11.3 Å². The lowest BCUT2D eigenvalue weighted by Gasteiger charge is -2.06. The van der Waals surface area contributed by atoms with Crippen molar-refractivity contribution in [2.75, 3.05) is 0 Å². The van der Waals surface area contributed by atoms with Gasteiger partial charge in [-0.1, -0.05) is 35.9 Å². The summed E-state index contributed by atoms with van der Waals surface area (Å²) >= 11 is 6.46. The first-order valence-electron chi connectivity index (χ1n) is 5.87. The molecule has 0 bridgehead atoms. The zero-order valence-electron chi connectivity index (χ0n) is 9.53. The number of nitrogens with one attached hydrogen (secondary N) is 1. The van der Waals surface area contributed by atoms with E-state index >= 15 is 0 Å². The molecular weight excluding hydrogens is 246 g/mol. The zero-order chi connectivity index (χ0) is 12.1. The van der Waals surface area contributed by atoms with Crippen molar-refractivity contribution in [3.8, 4) is 0 Å². The summed E-state index contributed by atoms with van der Waals surface area (Å²) in [5.41, 5.74) is 1.97. The number of furan rings is 1. The molecule has 2 aromatic carbocycles. The average molecular weight is 256 g/mol. The molecule has 0 spiro atoms. The lowest BCUT2D eigenvalue weighted by atomic mass is 10.0. The minimum absolute atomic E-state index is 0.700. The zero-order valence-corrected chi connectivity index (χ0v) is 10.3. The van der Waals surface area contributed by atoms with Gasteiger partial charge in [-0.3, -0.25) is 0 Å². The summed E-state index contributed by atoms with van der Waals surface area (Å²) in [4.78, 5) is 0. The Balaban J connectivity index is 2.21. The quantitative estimate of drug-likeness (QED) is 0.647. The maximum atomic E-state index is 6.46. The normalized spacial score (nSPS) is 13.8. The highest BCUT2D eigenvalue weighted by atomic mass is 35.5. The highest BCUT2D eigenvalue weighted by molar-refractivity contribution is 6.40. The molecule has 0 atom stereocenters. The maximum absolute atomic E-state index is 6.46. The van der Waals surface area contributed by atoms with E-state index in [4.69, 9.17) is 16.0 Å². The Bertz CT molecular complexity index is 801. The first-order valence-corrected chi connectivity index (χ1v) is 6.25. The molecule has 0 fully saturated rings. The number of halogens is 1. The number of hydrogen-bond acceptors (Lipinski definition) is 2. The van der Waals surface area contributed by atoms with Gasteiger partial charge in [0.2, 0.25) is 0 Å². The van der Waals surface area contributed by atoms with E-state index in [0.717, 1.165) is 34.0 Å². The molecule has 3 aromatic rings. The summed E-state index contributed by atoms with van der Waals surface area (Å²) in [7, 11) is 0. The standard InChI is InChI=1S/C15H10ClNO/c16-14-10-4-2-1-3-9(10)7-11-12-8-17-6-5-13(12)18-15(11)14/h1-7,17H,8H2. The van der Waals surface area contributed by atoms with Gasteiger partial charge in [0.15, 0.2) is 5.58 Å². The third-order valence-corrected chi connectivity index (χ3v) is 3.78. The van der Waals surface area contributed by atoms with Crippen LogP contribution in [0.25, 0.3) is 27.8 Å². The van der Waals surface area contributed by atoms with Crippen molar-refractivity contribution in [2.24, 2.45) is 0 Å². The molecule has 4 rings (SSSR count). The lowest BCUT2D eigenvalue weighted by molar-refractivity contribution is 0.592. The van der Waals surface area contributed by atoms with Crippen molar-refractivity contribution >= 4 is 39.4 Å². The third kappa shape index (κ3) is 1.24. The molecule has 0 aliphatic carbocycles. The fraction of sp³-hybridized carbons (Fsp3) is 0.0667. The largest absolute Gasteiger partial charge is 0.455 e. The average Bonchev–Trinajstić information content (AvgIpc) is 2.79. The van der Waals surface area contributed by atoms with Gasteiger partial charge in [0.25, 0.3) is 0 Å². The molecule has 2 heterocycles. The molecule has 0 saturated heterocycles. The van der Waals surface area contributed by atoms with Gasteiger partial charge in [-0.15, -0.1) is 0 Å². The van der Waals surface area contributed by atoms with Crippen LogP contribution in [0.3, 0.4) is 0 Å². The lowest BCUT2D eigenvalue weighted by Crippen LogP contribution is -2.08. The molecule has 0 radical (unpaired) electrons. The van der Waals surface area contributed by atoms with Gasteiger partial charge in [-0.25, -0.2) is 0 Å². The Morgan fingerprint density at radius 1 is 1.17 bits per heavy atom. The van der Waals surface area contributed by atoms with E-state index in [2.05, 4.69) is 17.4 Å². The number of fused-ring (bicyclic) bond motifs is 4. The van der Waals surface area contributed by atoms with Gasteiger partial charge >= 0.3 is 0 Å². The van der Waals surface area contributed by atoms with E-state index < -0.39 is 0 Å². The number of rotatable bonds is 0. The van der Waals surface area contributed by atoms with Crippen LogP contribution in [0.5, 0.6) is 0 Å². The SMILES string of the molecule is Clc1c2ccccc2cc2c3c(oc12)C=CNC3. The highest BCUT2D eigenvalue weighted by Crippen LogP contribution is 2.38. The molecule has 3 heteroatoms. The Kier molecular flexibility index (Phi) is 1.97. The molecule has 1 aromatic heterocycles. The van der Waals surface area contributed by atoms with Gasteiger partial charge in [-0.2, -0.15) is 0 Å². The summed E-state index contributed by atoms with van der Waals surface area (Å²) in [5.74, 6) is 0.904. The molecular formula is C15H10ClNO. The van der Waals surface area contributed by atoms with Crippen LogP contribution in [0.2, 0.25) is 5.02 Å². The van der Waals surface area contributed by atoms with Crippen molar-refractivity contribution < 1.29 is 4.42 Å². The van der Waals surface area contributed by atoms with Crippen LogP contribution in [-0.2, 0) is 6.54 Å². The van der Waals surface area contributed by atoms with E-state index in [0.29, 0.717) is 5.02 Å². The minimum atomic E-state index is 0.700. The summed E-state index contributed by atoms with van der Waals surface area (Å²) in [5, 5.41) is 7.19. The van der Waals surface area contributed by atoms with Crippen molar-refractivity contribution in [1.82, 2.24) is 5.32 Å². The van der Waals surface area contributed by atoms with Crippen molar-refractivity contribution in [1.29, 1.82) is 0 Å². The maximum Gasteiger partial charge on any atom is 0.154 e. The first kappa shape index (κ1) is 10.0. The van der Waals surface area contributed by atoms with Crippen molar-refractivity contribution in [3.63, 3.8) is 0 Å². The molecule has 2 nitrogen and oxygen atoms in total. The van der Waals surface area contributed by atoms with E-state index in [1.165, 1.54) is 5.56 Å². The molecule has 1 N–H and O–H groups in total. The fourth-order valence-corrected chi connectivity index (χ4v) is 2.84. The second-order valence-electron chi connectivity index (χ2n) is 4.45.